The van der Waals surface area contributed by atoms with Gasteiger partial charge in [-0.1, -0.05) is 12.1 Å². The van der Waals surface area contributed by atoms with E-state index in [-0.39, 0.29) is 18.0 Å². The lowest BCUT2D eigenvalue weighted by Crippen LogP contribution is -2.50. The minimum Gasteiger partial charge on any atom is -0.444 e. The molecule has 2 heterocycles. The Morgan fingerprint density at radius 1 is 0.935 bits per heavy atom. The SMILES string of the molecule is CC(C)(C)OC(=O)N1CCC(N(C(=O)c2ccc(-c3cncnc3)cc2)C2CC2)CC1. The number of nitrogens with zero attached hydrogens (tertiary/aromatic N) is 4. The predicted molar refractivity (Wildman–Crippen MR) is 117 cm³/mol. The molecule has 2 amide bonds. The van der Waals surface area contributed by atoms with Crippen LogP contribution in [-0.2, 0) is 4.74 Å². The Labute approximate surface area is 183 Å². The molecule has 1 aromatic heterocycles. The average molecular weight is 423 g/mol. The Morgan fingerprint density at radius 2 is 1.52 bits per heavy atom. The molecule has 4 rings (SSSR count). The molecule has 7 nitrogen and oxygen atoms in total. The first-order chi connectivity index (χ1) is 14.8. The largest absolute Gasteiger partial charge is 0.444 e. The third-order valence-electron chi connectivity index (χ3n) is 5.71. The number of ether oxygens (including phenoxy) is 1. The van der Waals surface area contributed by atoms with Crippen LogP contribution in [0.1, 0.15) is 56.8 Å². The van der Waals surface area contributed by atoms with Gasteiger partial charge in [-0.2, -0.15) is 0 Å². The molecule has 164 valence electrons. The number of amides is 2. The van der Waals surface area contributed by atoms with Crippen molar-refractivity contribution in [1.29, 1.82) is 0 Å². The Bertz CT molecular complexity index is 912. The maximum Gasteiger partial charge on any atom is 0.410 e. The van der Waals surface area contributed by atoms with Crippen molar-refractivity contribution in [3.05, 3.63) is 48.5 Å². The highest BCUT2D eigenvalue weighted by molar-refractivity contribution is 5.95. The highest BCUT2D eigenvalue weighted by Crippen LogP contribution is 2.33. The van der Waals surface area contributed by atoms with Crippen LogP contribution < -0.4 is 0 Å². The molecule has 0 atom stereocenters. The van der Waals surface area contributed by atoms with E-state index in [4.69, 9.17) is 4.74 Å². The second-order valence-electron chi connectivity index (χ2n) is 9.35. The number of hydrogen-bond acceptors (Lipinski definition) is 5. The minimum absolute atomic E-state index is 0.0779. The fourth-order valence-electron chi connectivity index (χ4n) is 4.04. The lowest BCUT2D eigenvalue weighted by atomic mass is 10.0. The summed E-state index contributed by atoms with van der Waals surface area (Å²) in [6.45, 7) is 6.86. The first-order valence-electron chi connectivity index (χ1n) is 11.0. The fraction of sp³-hybridized carbons (Fsp3) is 0.500. The van der Waals surface area contributed by atoms with Crippen LogP contribution in [0.15, 0.2) is 43.0 Å². The number of carbonyl (C=O) groups excluding carboxylic acids is 2. The Balaban J connectivity index is 1.41. The Morgan fingerprint density at radius 3 is 2.06 bits per heavy atom. The zero-order valence-corrected chi connectivity index (χ0v) is 18.5. The summed E-state index contributed by atoms with van der Waals surface area (Å²) in [4.78, 5) is 37.7. The average Bonchev–Trinajstić information content (AvgIpc) is 3.59. The molecule has 2 fully saturated rings. The van der Waals surface area contributed by atoms with E-state index >= 15 is 0 Å². The van der Waals surface area contributed by atoms with Crippen LogP contribution >= 0.6 is 0 Å². The topological polar surface area (TPSA) is 75.6 Å². The highest BCUT2D eigenvalue weighted by Gasteiger charge is 2.39. The van der Waals surface area contributed by atoms with E-state index in [0.29, 0.717) is 24.7 Å². The highest BCUT2D eigenvalue weighted by atomic mass is 16.6. The number of benzene rings is 1. The van der Waals surface area contributed by atoms with Gasteiger partial charge in [0.05, 0.1) is 0 Å². The summed E-state index contributed by atoms with van der Waals surface area (Å²) in [5.74, 6) is 0.0779. The zero-order chi connectivity index (χ0) is 22.0. The number of piperidine rings is 1. The van der Waals surface area contributed by atoms with Gasteiger partial charge >= 0.3 is 6.09 Å². The fourth-order valence-corrected chi connectivity index (χ4v) is 4.04. The van der Waals surface area contributed by atoms with Gasteiger partial charge in [-0.15, -0.1) is 0 Å². The Hall–Kier alpha value is -2.96. The third kappa shape index (κ3) is 5.21. The molecule has 2 aromatic rings. The molecule has 2 aliphatic rings. The molecular weight excluding hydrogens is 392 g/mol. The van der Waals surface area contributed by atoms with Crippen LogP contribution in [-0.4, -0.2) is 62.5 Å². The van der Waals surface area contributed by atoms with Gasteiger partial charge in [0.25, 0.3) is 5.91 Å². The van der Waals surface area contributed by atoms with E-state index in [9.17, 15) is 9.59 Å². The minimum atomic E-state index is -0.498. The maximum absolute atomic E-state index is 13.4. The summed E-state index contributed by atoms with van der Waals surface area (Å²) < 4.78 is 5.49. The van der Waals surface area contributed by atoms with Gasteiger partial charge in [-0.25, -0.2) is 14.8 Å². The van der Waals surface area contributed by atoms with Gasteiger partial charge < -0.3 is 14.5 Å². The first-order valence-corrected chi connectivity index (χ1v) is 11.0. The standard InChI is InChI=1S/C24H30N4O3/c1-24(2,3)31-23(30)27-12-10-21(11-13-27)28(20-8-9-20)22(29)18-6-4-17(5-7-18)19-14-25-16-26-15-19/h4-7,14-16,20-21H,8-13H2,1-3H3. The smallest absolute Gasteiger partial charge is 0.410 e. The molecule has 1 aliphatic carbocycles. The Kier molecular flexibility index (Phi) is 5.94. The molecule has 0 spiro atoms. The van der Waals surface area contributed by atoms with Crippen molar-refractivity contribution in [3.63, 3.8) is 0 Å². The quantitative estimate of drug-likeness (QED) is 0.740. The lowest BCUT2D eigenvalue weighted by molar-refractivity contribution is 0.0142. The van der Waals surface area contributed by atoms with E-state index in [1.54, 1.807) is 17.3 Å². The molecule has 0 radical (unpaired) electrons. The van der Waals surface area contributed by atoms with Crippen molar-refractivity contribution in [2.45, 2.75) is 64.1 Å². The number of aromatic nitrogens is 2. The summed E-state index contributed by atoms with van der Waals surface area (Å²) in [5, 5.41) is 0. The molecule has 0 unspecified atom stereocenters. The molecule has 1 saturated heterocycles. The summed E-state index contributed by atoms with van der Waals surface area (Å²) in [7, 11) is 0. The number of rotatable bonds is 4. The molecule has 0 bridgehead atoms. The van der Waals surface area contributed by atoms with Crippen LogP contribution in [0.25, 0.3) is 11.1 Å². The molecule has 1 saturated carbocycles. The molecule has 7 heteroatoms. The van der Waals surface area contributed by atoms with Crippen molar-refractivity contribution in [2.24, 2.45) is 0 Å². The molecule has 31 heavy (non-hydrogen) atoms. The van der Waals surface area contributed by atoms with Gasteiger partial charge in [0, 0.05) is 48.7 Å². The van der Waals surface area contributed by atoms with E-state index in [1.165, 1.54) is 6.33 Å². The van der Waals surface area contributed by atoms with Crippen LogP contribution in [0.5, 0.6) is 0 Å². The van der Waals surface area contributed by atoms with Gasteiger partial charge in [-0.05, 0) is 64.2 Å². The summed E-state index contributed by atoms with van der Waals surface area (Å²) in [6.07, 6.45) is 8.42. The van der Waals surface area contributed by atoms with Crippen molar-refractivity contribution < 1.29 is 14.3 Å². The second kappa shape index (κ2) is 8.65. The van der Waals surface area contributed by atoms with Crippen LogP contribution in [0.3, 0.4) is 0 Å². The lowest BCUT2D eigenvalue weighted by Gasteiger charge is -2.39. The molecule has 0 N–H and O–H groups in total. The van der Waals surface area contributed by atoms with Crippen molar-refractivity contribution in [1.82, 2.24) is 19.8 Å². The van der Waals surface area contributed by atoms with Crippen LogP contribution in [0.2, 0.25) is 0 Å². The van der Waals surface area contributed by atoms with E-state index in [0.717, 1.165) is 36.8 Å². The van der Waals surface area contributed by atoms with E-state index < -0.39 is 5.60 Å². The summed E-state index contributed by atoms with van der Waals surface area (Å²) in [5.41, 5.74) is 2.11. The second-order valence-corrected chi connectivity index (χ2v) is 9.35. The van der Waals surface area contributed by atoms with E-state index in [2.05, 4.69) is 14.9 Å². The monoisotopic (exact) mass is 422 g/mol. The molecule has 1 aromatic carbocycles. The number of carbonyl (C=O) groups is 2. The van der Waals surface area contributed by atoms with Gasteiger partial charge in [0.1, 0.15) is 11.9 Å². The normalized spacial score (nSPS) is 17.3. The van der Waals surface area contributed by atoms with Gasteiger partial charge in [0.2, 0.25) is 0 Å². The van der Waals surface area contributed by atoms with Crippen LogP contribution in [0.4, 0.5) is 4.79 Å². The third-order valence-corrected chi connectivity index (χ3v) is 5.71. The van der Waals surface area contributed by atoms with E-state index in [1.807, 2.05) is 45.0 Å². The predicted octanol–water partition coefficient (Wildman–Crippen LogP) is 4.15. The van der Waals surface area contributed by atoms with Crippen molar-refractivity contribution >= 4 is 12.0 Å². The first kappa shape index (κ1) is 21.3. The molecular formula is C24H30N4O3. The maximum atomic E-state index is 13.4. The summed E-state index contributed by atoms with van der Waals surface area (Å²) >= 11 is 0. The summed E-state index contributed by atoms with van der Waals surface area (Å²) in [6, 6.07) is 8.13. The van der Waals surface area contributed by atoms with Gasteiger partial charge in [0.15, 0.2) is 0 Å². The van der Waals surface area contributed by atoms with Crippen molar-refractivity contribution in [3.8, 4) is 11.1 Å². The number of likely N-dealkylation sites (tertiary alicyclic amines) is 1. The molecule has 1 aliphatic heterocycles. The number of hydrogen-bond donors (Lipinski definition) is 0. The van der Waals surface area contributed by atoms with Crippen LogP contribution in [0, 0.1) is 0 Å². The van der Waals surface area contributed by atoms with Gasteiger partial charge in [-0.3, -0.25) is 4.79 Å². The van der Waals surface area contributed by atoms with Crippen molar-refractivity contribution in [2.75, 3.05) is 13.1 Å². The zero-order valence-electron chi connectivity index (χ0n) is 18.5.